The number of carbonyl (C=O) groups excluding carboxylic acids is 6. The lowest BCUT2D eigenvalue weighted by molar-refractivity contribution is -0.179. The molecule has 0 unspecified atom stereocenters. The Kier molecular flexibility index (Phi) is 14.1. The highest BCUT2D eigenvalue weighted by Crippen LogP contribution is 2.37. The van der Waals surface area contributed by atoms with Gasteiger partial charge in [0.05, 0.1) is 46.1 Å². The van der Waals surface area contributed by atoms with Crippen molar-refractivity contribution in [1.29, 1.82) is 0 Å². The lowest BCUT2D eigenvalue weighted by Gasteiger charge is -2.25. The number of amides is 3. The van der Waals surface area contributed by atoms with Gasteiger partial charge >= 0.3 is 18.5 Å². The number of carbonyl (C=O) groups is 6. The molecule has 0 atom stereocenters. The van der Waals surface area contributed by atoms with Crippen LogP contribution in [-0.4, -0.2) is 101 Å². The van der Waals surface area contributed by atoms with E-state index < -0.39 is 59.8 Å². The smallest absolute Gasteiger partial charge is 0.437 e. The average molecular weight is 690 g/mol. The molecule has 0 aromatic heterocycles. The van der Waals surface area contributed by atoms with Gasteiger partial charge in [-0.05, 0) is 18.6 Å². The number of halogens is 2. The summed E-state index contributed by atoms with van der Waals surface area (Å²) in [7, 11) is 5.66. The molecule has 17 nitrogen and oxygen atoms in total. The third-order valence-corrected chi connectivity index (χ3v) is 6.08. The van der Waals surface area contributed by atoms with E-state index in [-0.39, 0.29) is 46.6 Å². The number of nitrogens with two attached hydrogens (primary N) is 1. The molecule has 0 aliphatic carbocycles. The number of rotatable bonds is 13. The van der Waals surface area contributed by atoms with E-state index in [1.165, 1.54) is 24.1 Å². The van der Waals surface area contributed by atoms with Gasteiger partial charge < -0.3 is 48.8 Å². The van der Waals surface area contributed by atoms with Crippen molar-refractivity contribution in [1.82, 2.24) is 9.80 Å². The zero-order valence-corrected chi connectivity index (χ0v) is 26.6. The molecule has 0 radical (unpaired) electrons. The highest BCUT2D eigenvalue weighted by atomic mass is 35.5. The van der Waals surface area contributed by atoms with Gasteiger partial charge in [0.1, 0.15) is 0 Å². The molecule has 2 aromatic rings. The van der Waals surface area contributed by atoms with Crippen LogP contribution in [0, 0.1) is 0 Å². The Morgan fingerprint density at radius 2 is 1.17 bits per heavy atom. The molecular weight excluding hydrogens is 661 g/mol. The molecule has 2 rings (SSSR count). The van der Waals surface area contributed by atoms with E-state index in [0.717, 1.165) is 45.5 Å². The Bertz CT molecular complexity index is 1490. The van der Waals surface area contributed by atoms with Crippen LogP contribution in [0.2, 0.25) is 10.0 Å². The Balaban J connectivity index is 2.36. The monoisotopic (exact) mass is 689 g/mol. The Morgan fingerprint density at radius 1 is 0.696 bits per heavy atom. The largest absolute Gasteiger partial charge is 0.513 e. The summed E-state index contributed by atoms with van der Waals surface area (Å²) in [5.74, 6) is -4.06. The van der Waals surface area contributed by atoms with Crippen molar-refractivity contribution in [3.63, 3.8) is 0 Å². The number of benzene rings is 2. The van der Waals surface area contributed by atoms with Crippen molar-refractivity contribution in [2.75, 3.05) is 55.1 Å². The van der Waals surface area contributed by atoms with E-state index in [1.807, 2.05) is 0 Å². The number of ether oxygens (including phenoxy) is 6. The van der Waals surface area contributed by atoms with E-state index in [1.54, 1.807) is 0 Å². The SMILES string of the molecule is COOc1c(OC(=O)OC)cc(Cl)cc1C(=O)N(C)CCCN(CC(N)=O)C(=O)c1cc(Cl)cc(OC(=O)OC)c1OC(=O)OC. The normalized spacial score (nSPS) is 10.2. The van der Waals surface area contributed by atoms with Gasteiger partial charge in [-0.3, -0.25) is 14.4 Å². The number of primary amides is 1. The van der Waals surface area contributed by atoms with Gasteiger partial charge in [-0.25, -0.2) is 14.4 Å². The molecular formula is C27H29Cl2N3O14. The van der Waals surface area contributed by atoms with Gasteiger partial charge in [0, 0.05) is 42.3 Å². The summed E-state index contributed by atoms with van der Waals surface area (Å²) in [6.45, 7) is -0.808. The molecule has 0 fully saturated rings. The van der Waals surface area contributed by atoms with E-state index in [9.17, 15) is 28.8 Å². The highest BCUT2D eigenvalue weighted by Gasteiger charge is 2.29. The van der Waals surface area contributed by atoms with Crippen LogP contribution < -0.4 is 24.8 Å². The minimum atomic E-state index is -1.27. The molecule has 2 aromatic carbocycles. The lowest BCUT2D eigenvalue weighted by Crippen LogP contribution is -2.40. The fraction of sp³-hybridized carbons (Fsp3) is 0.333. The Labute approximate surface area is 271 Å². The van der Waals surface area contributed by atoms with Gasteiger partial charge in [0.15, 0.2) is 17.2 Å². The summed E-state index contributed by atoms with van der Waals surface area (Å²) in [5.41, 5.74) is 4.82. The number of hydrogen-bond acceptors (Lipinski definition) is 14. The second kappa shape index (κ2) is 17.5. The minimum Gasteiger partial charge on any atom is -0.437 e. The second-order valence-electron chi connectivity index (χ2n) is 8.75. The number of hydrogen-bond donors (Lipinski definition) is 1. The average Bonchev–Trinajstić information content (AvgIpc) is 3.01. The van der Waals surface area contributed by atoms with Crippen molar-refractivity contribution >= 4 is 59.4 Å². The first-order valence-electron chi connectivity index (χ1n) is 12.7. The van der Waals surface area contributed by atoms with Crippen LogP contribution >= 0.6 is 23.2 Å². The first kappa shape index (κ1) is 37.2. The molecule has 0 spiro atoms. The standard InChI is InChI=1S/C27H29Cl2N3O14/c1-31(23(34)17-10-15(29)12-19(22(17)46-42-5)44-26(37)40-3)7-6-8-32(13-20(30)33)24(35)16-9-14(28)11-18(43-25(36)39-2)21(16)45-27(38)41-4/h9-12H,6-8,13H2,1-5H3,(H2,30,33). The third kappa shape index (κ3) is 10.3. The maximum Gasteiger partial charge on any atom is 0.513 e. The van der Waals surface area contributed by atoms with Gasteiger partial charge in [-0.1, -0.05) is 23.2 Å². The minimum absolute atomic E-state index is 0.0133. The first-order valence-corrected chi connectivity index (χ1v) is 13.5. The quantitative estimate of drug-likeness (QED) is 0.105. The van der Waals surface area contributed by atoms with E-state index in [2.05, 4.69) is 19.1 Å². The molecule has 2 N–H and O–H groups in total. The summed E-state index contributed by atoms with van der Waals surface area (Å²) in [6.07, 6.45) is -3.55. The maximum absolute atomic E-state index is 13.6. The molecule has 0 saturated carbocycles. The lowest BCUT2D eigenvalue weighted by atomic mass is 10.1. The number of nitrogens with zero attached hydrogens (tertiary/aromatic N) is 2. The van der Waals surface area contributed by atoms with E-state index in [4.69, 9.17) is 48.0 Å². The third-order valence-electron chi connectivity index (χ3n) is 5.64. The topological polar surface area (TPSA) is 209 Å². The van der Waals surface area contributed by atoms with Crippen LogP contribution in [0.1, 0.15) is 27.1 Å². The second-order valence-corrected chi connectivity index (χ2v) is 9.63. The van der Waals surface area contributed by atoms with Gasteiger partial charge in [-0.15, -0.1) is 0 Å². The summed E-state index contributed by atoms with van der Waals surface area (Å²) < 4.78 is 28.5. The van der Waals surface area contributed by atoms with Crippen molar-refractivity contribution in [2.24, 2.45) is 5.73 Å². The summed E-state index contributed by atoms with van der Waals surface area (Å²) in [6, 6.07) is 4.62. The Morgan fingerprint density at radius 3 is 1.65 bits per heavy atom. The molecule has 0 bridgehead atoms. The molecule has 3 amide bonds. The summed E-state index contributed by atoms with van der Waals surface area (Å²) >= 11 is 12.3. The molecule has 19 heteroatoms. The first-order chi connectivity index (χ1) is 21.8. The van der Waals surface area contributed by atoms with Crippen molar-refractivity contribution in [3.8, 4) is 23.0 Å². The van der Waals surface area contributed by atoms with Crippen LogP contribution in [-0.2, 0) is 23.9 Å². The van der Waals surface area contributed by atoms with Crippen LogP contribution in [0.4, 0.5) is 14.4 Å². The molecule has 0 heterocycles. The van der Waals surface area contributed by atoms with Crippen LogP contribution in [0.15, 0.2) is 24.3 Å². The van der Waals surface area contributed by atoms with Crippen LogP contribution in [0.5, 0.6) is 23.0 Å². The molecule has 0 aliphatic rings. The van der Waals surface area contributed by atoms with Gasteiger partial charge in [0.2, 0.25) is 11.7 Å². The fourth-order valence-corrected chi connectivity index (χ4v) is 4.10. The summed E-state index contributed by atoms with van der Waals surface area (Å²) in [5, 5.41) is -0.102. The van der Waals surface area contributed by atoms with E-state index >= 15 is 0 Å². The molecule has 250 valence electrons. The van der Waals surface area contributed by atoms with Gasteiger partial charge in [-0.2, -0.15) is 4.89 Å². The predicted molar refractivity (Wildman–Crippen MR) is 156 cm³/mol. The zero-order chi connectivity index (χ0) is 34.6. The van der Waals surface area contributed by atoms with Crippen molar-refractivity contribution in [2.45, 2.75) is 6.42 Å². The molecule has 0 saturated heterocycles. The van der Waals surface area contributed by atoms with Crippen molar-refractivity contribution in [3.05, 3.63) is 45.4 Å². The van der Waals surface area contributed by atoms with Crippen LogP contribution in [0.25, 0.3) is 0 Å². The number of methoxy groups -OCH3 is 3. The van der Waals surface area contributed by atoms with E-state index in [0.29, 0.717) is 0 Å². The maximum atomic E-state index is 13.6. The molecule has 46 heavy (non-hydrogen) atoms. The Hall–Kier alpha value is -5.00. The fourth-order valence-electron chi connectivity index (χ4n) is 3.69. The van der Waals surface area contributed by atoms with Gasteiger partial charge in [0.25, 0.3) is 11.8 Å². The van der Waals surface area contributed by atoms with Crippen LogP contribution in [0.3, 0.4) is 0 Å². The zero-order valence-electron chi connectivity index (χ0n) is 25.1. The predicted octanol–water partition coefficient (Wildman–Crippen LogP) is 3.46. The molecule has 0 aliphatic heterocycles. The summed E-state index contributed by atoms with van der Waals surface area (Å²) in [4.78, 5) is 86.3. The van der Waals surface area contributed by atoms with Crippen molar-refractivity contribution < 1.29 is 67.0 Å². The highest BCUT2D eigenvalue weighted by molar-refractivity contribution is 6.31.